The molecule has 1 N–H and O–H groups in total. The van der Waals surface area contributed by atoms with Crippen molar-refractivity contribution in [1.29, 1.82) is 0 Å². The number of hydrogen-bond acceptors (Lipinski definition) is 1. The van der Waals surface area contributed by atoms with Crippen molar-refractivity contribution in [1.82, 2.24) is 0 Å². The second kappa shape index (κ2) is 6.30. The Balaban J connectivity index is 2.15. The highest BCUT2D eigenvalue weighted by Gasteiger charge is 2.11. The van der Waals surface area contributed by atoms with Crippen LogP contribution in [0.1, 0.15) is 15.9 Å². The number of carbonyl (C=O) groups excluding carboxylic acids is 1. The molecule has 0 saturated carbocycles. The van der Waals surface area contributed by atoms with E-state index in [-0.39, 0.29) is 5.56 Å². The Hall–Kier alpha value is -1.20. The Labute approximate surface area is 127 Å². The number of alkyl halides is 1. The molecule has 2 nitrogen and oxygen atoms in total. The smallest absolute Gasteiger partial charge is 0.258 e. The van der Waals surface area contributed by atoms with Gasteiger partial charge in [-0.15, -0.1) is 0 Å². The number of nitrogens with one attached hydrogen (secondary N) is 1. The van der Waals surface area contributed by atoms with E-state index in [1.807, 2.05) is 12.1 Å². The number of carbonyl (C=O) groups is 1. The van der Waals surface area contributed by atoms with Gasteiger partial charge in [-0.25, -0.2) is 4.39 Å². The summed E-state index contributed by atoms with van der Waals surface area (Å²) in [5.74, 6) is -1.01. The quantitative estimate of drug-likeness (QED) is 0.758. The van der Waals surface area contributed by atoms with Crippen molar-refractivity contribution in [2.45, 2.75) is 5.33 Å². The third-order valence-electron chi connectivity index (χ3n) is 2.54. The zero-order chi connectivity index (χ0) is 13.8. The highest BCUT2D eigenvalue weighted by Crippen LogP contribution is 2.17. The Morgan fingerprint density at radius 3 is 2.42 bits per heavy atom. The first-order valence-electron chi connectivity index (χ1n) is 5.51. The van der Waals surface area contributed by atoms with Crippen LogP contribution in [0.3, 0.4) is 0 Å². The maximum atomic E-state index is 13.6. The zero-order valence-corrected chi connectivity index (χ0v) is 13.0. The number of amides is 1. The molecule has 0 heterocycles. The van der Waals surface area contributed by atoms with Crippen molar-refractivity contribution < 1.29 is 9.18 Å². The normalized spacial score (nSPS) is 10.3. The van der Waals surface area contributed by atoms with E-state index >= 15 is 0 Å². The fourth-order valence-corrected chi connectivity index (χ4v) is 2.26. The maximum Gasteiger partial charge on any atom is 0.258 e. The van der Waals surface area contributed by atoms with Gasteiger partial charge in [0.2, 0.25) is 0 Å². The summed E-state index contributed by atoms with van der Waals surface area (Å²) < 4.78 is 14.2. The summed E-state index contributed by atoms with van der Waals surface area (Å²) in [7, 11) is 0. The van der Waals surface area contributed by atoms with E-state index in [4.69, 9.17) is 0 Å². The van der Waals surface area contributed by atoms with Gasteiger partial charge in [0.05, 0.1) is 5.56 Å². The van der Waals surface area contributed by atoms with E-state index in [0.29, 0.717) is 10.2 Å². The molecule has 0 aromatic heterocycles. The lowest BCUT2D eigenvalue weighted by Gasteiger charge is -2.07. The van der Waals surface area contributed by atoms with Crippen molar-refractivity contribution in [3.05, 3.63) is 63.9 Å². The van der Waals surface area contributed by atoms with Crippen LogP contribution < -0.4 is 5.32 Å². The number of benzene rings is 2. The van der Waals surface area contributed by atoms with Gasteiger partial charge in [0, 0.05) is 15.5 Å². The van der Waals surface area contributed by atoms with Gasteiger partial charge < -0.3 is 5.32 Å². The summed E-state index contributed by atoms with van der Waals surface area (Å²) in [4.78, 5) is 11.9. The van der Waals surface area contributed by atoms with E-state index in [2.05, 4.69) is 37.2 Å². The Morgan fingerprint density at radius 2 is 1.84 bits per heavy atom. The third kappa shape index (κ3) is 3.64. The molecule has 0 fully saturated rings. The predicted molar refractivity (Wildman–Crippen MR) is 81.1 cm³/mol. The van der Waals surface area contributed by atoms with Gasteiger partial charge >= 0.3 is 0 Å². The summed E-state index contributed by atoms with van der Waals surface area (Å²) in [6.45, 7) is 0. The number of rotatable bonds is 3. The molecule has 98 valence electrons. The van der Waals surface area contributed by atoms with Crippen LogP contribution in [-0.2, 0) is 5.33 Å². The monoisotopic (exact) mass is 385 g/mol. The van der Waals surface area contributed by atoms with Crippen molar-refractivity contribution in [3.8, 4) is 0 Å². The minimum Gasteiger partial charge on any atom is -0.322 e. The second-order valence-corrected chi connectivity index (χ2v) is 5.39. The SMILES string of the molecule is O=C(Nc1ccc(CBr)cc1)c1ccc(Br)cc1F. The average molecular weight is 387 g/mol. The minimum absolute atomic E-state index is 0.0211. The molecular weight excluding hydrogens is 377 g/mol. The molecule has 0 unspecified atom stereocenters. The Morgan fingerprint density at radius 1 is 1.16 bits per heavy atom. The van der Waals surface area contributed by atoms with Crippen LogP contribution in [0.2, 0.25) is 0 Å². The van der Waals surface area contributed by atoms with Crippen LogP contribution in [0.25, 0.3) is 0 Å². The van der Waals surface area contributed by atoms with Crippen molar-refractivity contribution in [3.63, 3.8) is 0 Å². The Kier molecular flexibility index (Phi) is 4.71. The highest BCUT2D eigenvalue weighted by molar-refractivity contribution is 9.10. The first kappa shape index (κ1) is 14.2. The van der Waals surface area contributed by atoms with E-state index in [1.54, 1.807) is 18.2 Å². The molecule has 0 atom stereocenters. The molecule has 1 amide bonds. The van der Waals surface area contributed by atoms with E-state index in [1.165, 1.54) is 12.1 Å². The lowest BCUT2D eigenvalue weighted by Crippen LogP contribution is -2.13. The highest BCUT2D eigenvalue weighted by atomic mass is 79.9. The van der Waals surface area contributed by atoms with Gasteiger partial charge in [-0.1, -0.05) is 44.0 Å². The summed E-state index contributed by atoms with van der Waals surface area (Å²) >= 11 is 6.50. The lowest BCUT2D eigenvalue weighted by atomic mass is 10.2. The van der Waals surface area contributed by atoms with Gasteiger partial charge in [-0.2, -0.15) is 0 Å². The van der Waals surface area contributed by atoms with Crippen LogP contribution in [0, 0.1) is 5.82 Å². The molecule has 5 heteroatoms. The molecule has 2 aromatic carbocycles. The summed E-state index contributed by atoms with van der Waals surface area (Å²) in [5, 5.41) is 3.41. The van der Waals surface area contributed by atoms with Crippen molar-refractivity contribution in [2.24, 2.45) is 0 Å². The molecule has 0 bridgehead atoms. The largest absolute Gasteiger partial charge is 0.322 e. The summed E-state index contributed by atoms with van der Waals surface area (Å²) in [6.07, 6.45) is 0. The van der Waals surface area contributed by atoms with Crippen LogP contribution in [0.5, 0.6) is 0 Å². The van der Waals surface area contributed by atoms with Crippen molar-refractivity contribution in [2.75, 3.05) is 5.32 Å². The molecular formula is C14H10Br2FNO. The van der Waals surface area contributed by atoms with E-state index < -0.39 is 11.7 Å². The average Bonchev–Trinajstić information content (AvgIpc) is 2.39. The standard InChI is InChI=1S/C14H10Br2FNO/c15-8-9-1-4-11(5-2-9)18-14(19)12-6-3-10(16)7-13(12)17/h1-7H,8H2,(H,18,19). The topological polar surface area (TPSA) is 29.1 Å². The van der Waals surface area contributed by atoms with Crippen LogP contribution in [0.15, 0.2) is 46.9 Å². The van der Waals surface area contributed by atoms with Crippen LogP contribution in [-0.4, -0.2) is 5.91 Å². The zero-order valence-electron chi connectivity index (χ0n) is 9.79. The van der Waals surface area contributed by atoms with E-state index in [0.717, 1.165) is 10.9 Å². The fraction of sp³-hybridized carbons (Fsp3) is 0.0714. The maximum absolute atomic E-state index is 13.6. The van der Waals surface area contributed by atoms with Gasteiger partial charge in [-0.05, 0) is 35.9 Å². The first-order valence-corrected chi connectivity index (χ1v) is 7.43. The second-order valence-electron chi connectivity index (χ2n) is 3.91. The lowest BCUT2D eigenvalue weighted by molar-refractivity contribution is 0.102. The molecule has 0 spiro atoms. The first-order chi connectivity index (χ1) is 9.10. The van der Waals surface area contributed by atoms with Crippen LogP contribution in [0.4, 0.5) is 10.1 Å². The van der Waals surface area contributed by atoms with Gasteiger partial charge in [0.1, 0.15) is 5.82 Å². The molecule has 2 aromatic rings. The molecule has 0 saturated heterocycles. The molecule has 0 aliphatic rings. The fourth-order valence-electron chi connectivity index (χ4n) is 1.55. The number of anilines is 1. The minimum atomic E-state index is -0.552. The number of hydrogen-bond donors (Lipinski definition) is 1. The number of halogens is 3. The molecule has 0 aliphatic heterocycles. The van der Waals surface area contributed by atoms with Crippen LogP contribution >= 0.6 is 31.9 Å². The molecule has 2 rings (SSSR count). The molecule has 19 heavy (non-hydrogen) atoms. The van der Waals surface area contributed by atoms with Gasteiger partial charge in [0.15, 0.2) is 0 Å². The summed E-state index contributed by atoms with van der Waals surface area (Å²) in [6, 6.07) is 11.7. The van der Waals surface area contributed by atoms with Crippen molar-refractivity contribution >= 4 is 43.5 Å². The van der Waals surface area contributed by atoms with Gasteiger partial charge in [-0.3, -0.25) is 4.79 Å². The van der Waals surface area contributed by atoms with E-state index in [9.17, 15) is 9.18 Å². The predicted octanol–water partition coefficient (Wildman–Crippen LogP) is 4.74. The Bertz CT molecular complexity index is 599. The van der Waals surface area contributed by atoms with Gasteiger partial charge in [0.25, 0.3) is 5.91 Å². The third-order valence-corrected chi connectivity index (χ3v) is 3.68. The summed E-state index contributed by atoms with van der Waals surface area (Å²) in [5.41, 5.74) is 1.76. The molecule has 0 aliphatic carbocycles. The molecule has 0 radical (unpaired) electrons.